The van der Waals surface area contributed by atoms with Gasteiger partial charge in [0.1, 0.15) is 0 Å². The SMILES string of the molecule is CCCCCC=CC1CC(CC(C)CCCCCC)C1. The summed E-state index contributed by atoms with van der Waals surface area (Å²) in [7, 11) is 0. The molecule has 1 aliphatic rings. The Balaban J connectivity index is 1.95. The Labute approximate surface area is 128 Å². The molecule has 1 saturated carbocycles. The molecule has 0 aromatic heterocycles. The van der Waals surface area contributed by atoms with Crippen molar-refractivity contribution in [2.24, 2.45) is 17.8 Å². The van der Waals surface area contributed by atoms with Gasteiger partial charge in [-0.3, -0.25) is 0 Å². The molecule has 20 heavy (non-hydrogen) atoms. The Morgan fingerprint density at radius 1 is 0.950 bits per heavy atom. The maximum absolute atomic E-state index is 2.51. The van der Waals surface area contributed by atoms with Crippen LogP contribution in [0.1, 0.15) is 97.8 Å². The first-order valence-electron chi connectivity index (χ1n) is 9.42. The second-order valence-corrected chi connectivity index (χ2v) is 7.21. The van der Waals surface area contributed by atoms with E-state index in [2.05, 4.69) is 32.9 Å². The van der Waals surface area contributed by atoms with E-state index in [1.807, 2.05) is 0 Å². The minimum absolute atomic E-state index is 0.925. The van der Waals surface area contributed by atoms with Gasteiger partial charge >= 0.3 is 0 Å². The Morgan fingerprint density at radius 2 is 1.65 bits per heavy atom. The Kier molecular flexibility index (Phi) is 10.1. The maximum atomic E-state index is 2.51. The van der Waals surface area contributed by atoms with Crippen LogP contribution >= 0.6 is 0 Å². The van der Waals surface area contributed by atoms with Crippen molar-refractivity contribution in [3.63, 3.8) is 0 Å². The minimum Gasteiger partial charge on any atom is -0.0883 e. The lowest BCUT2D eigenvalue weighted by Gasteiger charge is -2.35. The molecule has 0 radical (unpaired) electrons. The lowest BCUT2D eigenvalue weighted by molar-refractivity contribution is 0.193. The number of allylic oxidation sites excluding steroid dienone is 2. The summed E-state index contributed by atoms with van der Waals surface area (Å²) in [5, 5.41) is 0. The van der Waals surface area contributed by atoms with E-state index in [9.17, 15) is 0 Å². The van der Waals surface area contributed by atoms with Crippen LogP contribution in [0.5, 0.6) is 0 Å². The quantitative estimate of drug-likeness (QED) is 0.263. The molecule has 0 aromatic rings. The minimum atomic E-state index is 0.925. The molecule has 1 unspecified atom stereocenters. The van der Waals surface area contributed by atoms with Crippen LogP contribution in [0.4, 0.5) is 0 Å². The van der Waals surface area contributed by atoms with Gasteiger partial charge in [0, 0.05) is 0 Å². The zero-order valence-corrected chi connectivity index (χ0v) is 14.4. The van der Waals surface area contributed by atoms with E-state index in [-0.39, 0.29) is 0 Å². The van der Waals surface area contributed by atoms with Gasteiger partial charge < -0.3 is 0 Å². The molecule has 1 aliphatic carbocycles. The van der Waals surface area contributed by atoms with Gasteiger partial charge in [0.15, 0.2) is 0 Å². The molecule has 0 amide bonds. The summed E-state index contributed by atoms with van der Waals surface area (Å²) in [5.74, 6) is 2.93. The van der Waals surface area contributed by atoms with Crippen molar-refractivity contribution in [1.82, 2.24) is 0 Å². The molecule has 0 saturated heterocycles. The molecule has 1 atom stereocenters. The van der Waals surface area contributed by atoms with Crippen LogP contribution in [-0.4, -0.2) is 0 Å². The summed E-state index contributed by atoms with van der Waals surface area (Å²) in [5.41, 5.74) is 0. The standard InChI is InChI=1S/C20H38/c1-4-6-8-10-12-14-19-16-20(17-19)15-18(3)13-11-9-7-5-2/h12,14,18-20H,4-11,13,15-17H2,1-3H3. The highest BCUT2D eigenvalue weighted by Crippen LogP contribution is 2.39. The molecule has 0 bridgehead atoms. The topological polar surface area (TPSA) is 0 Å². The van der Waals surface area contributed by atoms with Crippen molar-refractivity contribution in [2.45, 2.75) is 97.8 Å². The van der Waals surface area contributed by atoms with Gasteiger partial charge in [-0.2, -0.15) is 0 Å². The fourth-order valence-electron chi connectivity index (χ4n) is 3.54. The second kappa shape index (κ2) is 11.4. The fraction of sp³-hybridized carbons (Fsp3) is 0.900. The van der Waals surface area contributed by atoms with Crippen LogP contribution in [0.25, 0.3) is 0 Å². The first-order chi connectivity index (χ1) is 9.76. The predicted molar refractivity (Wildman–Crippen MR) is 92.0 cm³/mol. The summed E-state index contributed by atoms with van der Waals surface area (Å²) >= 11 is 0. The molecule has 0 aliphatic heterocycles. The Bertz CT molecular complexity index is 234. The number of rotatable bonds is 12. The highest BCUT2D eigenvalue weighted by Gasteiger charge is 2.27. The van der Waals surface area contributed by atoms with E-state index < -0.39 is 0 Å². The normalized spacial score (nSPS) is 23.9. The molecular weight excluding hydrogens is 240 g/mol. The van der Waals surface area contributed by atoms with Gasteiger partial charge in [0.05, 0.1) is 0 Å². The lowest BCUT2D eigenvalue weighted by atomic mass is 9.70. The van der Waals surface area contributed by atoms with Gasteiger partial charge in [-0.25, -0.2) is 0 Å². The first-order valence-corrected chi connectivity index (χ1v) is 9.42. The van der Waals surface area contributed by atoms with E-state index in [1.165, 1.54) is 77.0 Å². The molecule has 0 nitrogen and oxygen atoms in total. The van der Waals surface area contributed by atoms with E-state index in [0.29, 0.717) is 0 Å². The molecule has 0 aromatic carbocycles. The summed E-state index contributed by atoms with van der Waals surface area (Å²) in [6, 6.07) is 0. The van der Waals surface area contributed by atoms with Crippen molar-refractivity contribution < 1.29 is 0 Å². The smallest absolute Gasteiger partial charge is 0.0228 e. The predicted octanol–water partition coefficient (Wildman–Crippen LogP) is 7.15. The van der Waals surface area contributed by atoms with Crippen molar-refractivity contribution in [3.8, 4) is 0 Å². The summed E-state index contributed by atoms with van der Waals surface area (Å²) in [4.78, 5) is 0. The molecule has 0 spiro atoms. The largest absolute Gasteiger partial charge is 0.0883 e. The number of hydrogen-bond donors (Lipinski definition) is 0. The molecule has 0 heteroatoms. The van der Waals surface area contributed by atoms with Crippen molar-refractivity contribution in [1.29, 1.82) is 0 Å². The average Bonchev–Trinajstić information content (AvgIpc) is 2.40. The van der Waals surface area contributed by atoms with Crippen LogP contribution in [0.3, 0.4) is 0 Å². The third-order valence-electron chi connectivity index (χ3n) is 4.94. The number of hydrogen-bond acceptors (Lipinski definition) is 0. The second-order valence-electron chi connectivity index (χ2n) is 7.21. The fourth-order valence-corrected chi connectivity index (χ4v) is 3.54. The van der Waals surface area contributed by atoms with Gasteiger partial charge in [0.25, 0.3) is 0 Å². The van der Waals surface area contributed by atoms with Crippen LogP contribution in [0, 0.1) is 17.8 Å². The summed E-state index contributed by atoms with van der Waals surface area (Å²) in [6.07, 6.45) is 22.0. The highest BCUT2D eigenvalue weighted by molar-refractivity contribution is 4.96. The first kappa shape index (κ1) is 17.8. The molecular formula is C20H38. The maximum Gasteiger partial charge on any atom is -0.0228 e. The van der Waals surface area contributed by atoms with Gasteiger partial charge in [-0.1, -0.05) is 77.9 Å². The van der Waals surface area contributed by atoms with E-state index >= 15 is 0 Å². The van der Waals surface area contributed by atoms with Gasteiger partial charge in [-0.05, 0) is 49.9 Å². The Morgan fingerprint density at radius 3 is 2.35 bits per heavy atom. The van der Waals surface area contributed by atoms with Crippen LogP contribution in [-0.2, 0) is 0 Å². The highest BCUT2D eigenvalue weighted by atomic mass is 14.3. The molecule has 0 N–H and O–H groups in total. The van der Waals surface area contributed by atoms with Crippen LogP contribution in [0.2, 0.25) is 0 Å². The molecule has 0 heterocycles. The summed E-state index contributed by atoms with van der Waals surface area (Å²) < 4.78 is 0. The van der Waals surface area contributed by atoms with Crippen LogP contribution in [0.15, 0.2) is 12.2 Å². The average molecular weight is 279 g/mol. The number of unbranched alkanes of at least 4 members (excludes halogenated alkanes) is 6. The Hall–Kier alpha value is -0.260. The van der Waals surface area contributed by atoms with E-state index in [1.54, 1.807) is 0 Å². The van der Waals surface area contributed by atoms with Crippen molar-refractivity contribution >= 4 is 0 Å². The zero-order valence-electron chi connectivity index (χ0n) is 14.4. The van der Waals surface area contributed by atoms with Gasteiger partial charge in [-0.15, -0.1) is 0 Å². The monoisotopic (exact) mass is 278 g/mol. The lowest BCUT2D eigenvalue weighted by Crippen LogP contribution is -2.23. The van der Waals surface area contributed by atoms with E-state index in [4.69, 9.17) is 0 Å². The molecule has 1 fully saturated rings. The van der Waals surface area contributed by atoms with Crippen LogP contribution < -0.4 is 0 Å². The van der Waals surface area contributed by atoms with Crippen molar-refractivity contribution in [2.75, 3.05) is 0 Å². The molecule has 1 rings (SSSR count). The molecule has 118 valence electrons. The van der Waals surface area contributed by atoms with E-state index in [0.717, 1.165) is 17.8 Å². The van der Waals surface area contributed by atoms with Gasteiger partial charge in [0.2, 0.25) is 0 Å². The third kappa shape index (κ3) is 8.12. The zero-order chi connectivity index (χ0) is 14.6. The summed E-state index contributed by atoms with van der Waals surface area (Å²) in [6.45, 7) is 7.05. The van der Waals surface area contributed by atoms with Crippen molar-refractivity contribution in [3.05, 3.63) is 12.2 Å². The third-order valence-corrected chi connectivity index (χ3v) is 4.94.